The molecule has 0 saturated heterocycles. The monoisotopic (exact) mass is 209 g/mol. The molecule has 0 aliphatic rings. The molecule has 1 aromatic rings. The summed E-state index contributed by atoms with van der Waals surface area (Å²) >= 11 is 0. The number of rotatable bonds is 5. The Labute approximate surface area is 89.1 Å². The van der Waals surface area contributed by atoms with Crippen molar-refractivity contribution in [3.05, 3.63) is 29.8 Å². The number of hydroxylamine groups is 1. The average Bonchev–Trinajstić information content (AvgIpc) is 2.21. The summed E-state index contributed by atoms with van der Waals surface area (Å²) in [6, 6.07) is 7.34. The summed E-state index contributed by atoms with van der Waals surface area (Å²) in [6.45, 7) is 2.18. The van der Waals surface area contributed by atoms with E-state index in [0.717, 1.165) is 5.56 Å². The fourth-order valence-electron chi connectivity index (χ4n) is 1.23. The van der Waals surface area contributed by atoms with Crippen LogP contribution in [-0.2, 0) is 16.0 Å². The maximum Gasteiger partial charge on any atom is 0.310 e. The molecule has 0 saturated carbocycles. The maximum atomic E-state index is 11.3. The molecule has 0 amide bonds. The molecule has 4 heteroatoms. The number of para-hydroxylation sites is 1. The van der Waals surface area contributed by atoms with Gasteiger partial charge in [0, 0.05) is 12.6 Å². The Morgan fingerprint density at radius 1 is 1.40 bits per heavy atom. The summed E-state index contributed by atoms with van der Waals surface area (Å²) in [5.41, 5.74) is 3.39. The van der Waals surface area contributed by atoms with Crippen LogP contribution in [0.3, 0.4) is 0 Å². The van der Waals surface area contributed by atoms with Crippen LogP contribution in [-0.4, -0.2) is 19.6 Å². The molecule has 0 atom stereocenters. The highest BCUT2D eigenvalue weighted by Crippen LogP contribution is 2.17. The Bertz CT molecular complexity index is 325. The van der Waals surface area contributed by atoms with E-state index in [0.29, 0.717) is 12.4 Å². The lowest BCUT2D eigenvalue weighted by Gasteiger charge is -2.08. The fraction of sp³-hybridized carbons (Fsp3) is 0.364. The van der Waals surface area contributed by atoms with E-state index in [1.165, 1.54) is 0 Å². The van der Waals surface area contributed by atoms with E-state index >= 15 is 0 Å². The van der Waals surface area contributed by atoms with Gasteiger partial charge < -0.3 is 9.57 Å². The van der Waals surface area contributed by atoms with Gasteiger partial charge in [0.2, 0.25) is 0 Å². The van der Waals surface area contributed by atoms with Crippen LogP contribution < -0.4 is 10.3 Å². The van der Waals surface area contributed by atoms with Gasteiger partial charge in [0.1, 0.15) is 0 Å². The summed E-state index contributed by atoms with van der Waals surface area (Å²) in [5.74, 6) is 0.401. The molecule has 0 fully saturated rings. The molecular formula is C11H15NO3. The minimum absolute atomic E-state index is 0.228. The van der Waals surface area contributed by atoms with Gasteiger partial charge in [-0.05, 0) is 13.0 Å². The number of ether oxygens (including phenoxy) is 1. The lowest BCUT2D eigenvalue weighted by atomic mass is 10.1. The van der Waals surface area contributed by atoms with Crippen molar-refractivity contribution >= 4 is 5.97 Å². The third-order valence-corrected chi connectivity index (χ3v) is 1.82. The van der Waals surface area contributed by atoms with Gasteiger partial charge in [0.25, 0.3) is 0 Å². The summed E-state index contributed by atoms with van der Waals surface area (Å²) in [5, 5.41) is 0. The molecule has 0 heterocycles. The summed E-state index contributed by atoms with van der Waals surface area (Å²) in [7, 11) is 1.67. The molecule has 0 spiro atoms. The molecule has 1 rings (SSSR count). The Hall–Kier alpha value is -1.55. The van der Waals surface area contributed by atoms with Crippen molar-refractivity contribution in [2.45, 2.75) is 13.3 Å². The standard InChI is InChI=1S/C11H15NO3/c1-3-14-11(13)8-9-6-4-5-7-10(9)15-12-2/h4-7,12H,3,8H2,1-2H3. The SMILES string of the molecule is CCOC(=O)Cc1ccccc1ONC. The molecule has 15 heavy (non-hydrogen) atoms. The van der Waals surface area contributed by atoms with Crippen molar-refractivity contribution in [2.24, 2.45) is 0 Å². The number of hydrogen-bond acceptors (Lipinski definition) is 4. The van der Waals surface area contributed by atoms with Crippen LogP contribution in [0.25, 0.3) is 0 Å². The van der Waals surface area contributed by atoms with Crippen molar-refractivity contribution in [1.29, 1.82) is 0 Å². The van der Waals surface area contributed by atoms with E-state index < -0.39 is 0 Å². The van der Waals surface area contributed by atoms with E-state index in [9.17, 15) is 4.79 Å². The van der Waals surface area contributed by atoms with Crippen molar-refractivity contribution in [3.63, 3.8) is 0 Å². The molecule has 0 aliphatic carbocycles. The number of hydrogen-bond donors (Lipinski definition) is 1. The molecule has 4 nitrogen and oxygen atoms in total. The van der Waals surface area contributed by atoms with E-state index in [-0.39, 0.29) is 12.4 Å². The van der Waals surface area contributed by atoms with Crippen molar-refractivity contribution in [3.8, 4) is 5.75 Å². The first-order valence-corrected chi connectivity index (χ1v) is 4.85. The molecule has 1 aromatic carbocycles. The molecule has 82 valence electrons. The van der Waals surface area contributed by atoms with Gasteiger partial charge >= 0.3 is 5.97 Å². The minimum atomic E-state index is -0.246. The number of esters is 1. The second-order valence-corrected chi connectivity index (χ2v) is 2.90. The number of carbonyl (C=O) groups excluding carboxylic acids is 1. The van der Waals surface area contributed by atoms with Gasteiger partial charge in [-0.25, -0.2) is 0 Å². The van der Waals surface area contributed by atoms with Gasteiger partial charge in [-0.1, -0.05) is 18.2 Å². The smallest absolute Gasteiger partial charge is 0.310 e. The molecule has 0 bridgehead atoms. The van der Waals surface area contributed by atoms with Crippen LogP contribution in [0.15, 0.2) is 24.3 Å². The molecule has 0 unspecified atom stereocenters. The normalized spacial score (nSPS) is 9.73. The molecule has 0 radical (unpaired) electrons. The molecule has 0 aliphatic heterocycles. The fourth-order valence-corrected chi connectivity index (χ4v) is 1.23. The molecule has 0 aromatic heterocycles. The van der Waals surface area contributed by atoms with E-state index in [2.05, 4.69) is 5.48 Å². The zero-order valence-corrected chi connectivity index (χ0v) is 8.95. The highest BCUT2D eigenvalue weighted by molar-refractivity contribution is 5.73. The summed E-state index contributed by atoms with van der Waals surface area (Å²) in [4.78, 5) is 16.4. The van der Waals surface area contributed by atoms with Gasteiger partial charge in [0.05, 0.1) is 13.0 Å². The lowest BCUT2D eigenvalue weighted by Crippen LogP contribution is -2.14. The lowest BCUT2D eigenvalue weighted by molar-refractivity contribution is -0.142. The van der Waals surface area contributed by atoms with Gasteiger partial charge in [-0.3, -0.25) is 4.79 Å². The predicted molar refractivity (Wildman–Crippen MR) is 56.5 cm³/mol. The number of benzene rings is 1. The van der Waals surface area contributed by atoms with E-state index in [1.807, 2.05) is 18.2 Å². The quantitative estimate of drug-likeness (QED) is 0.586. The van der Waals surface area contributed by atoms with E-state index in [1.54, 1.807) is 20.0 Å². The highest BCUT2D eigenvalue weighted by Gasteiger charge is 2.08. The van der Waals surface area contributed by atoms with Gasteiger partial charge in [0.15, 0.2) is 5.75 Å². The third kappa shape index (κ3) is 3.59. The third-order valence-electron chi connectivity index (χ3n) is 1.82. The van der Waals surface area contributed by atoms with Crippen LogP contribution in [0.2, 0.25) is 0 Å². The number of nitrogens with one attached hydrogen (secondary N) is 1. The summed E-state index contributed by atoms with van der Waals surface area (Å²) in [6.07, 6.45) is 0.228. The zero-order valence-electron chi connectivity index (χ0n) is 8.95. The van der Waals surface area contributed by atoms with Crippen molar-refractivity contribution in [2.75, 3.05) is 13.7 Å². The van der Waals surface area contributed by atoms with Crippen LogP contribution in [0, 0.1) is 0 Å². The van der Waals surface area contributed by atoms with Crippen LogP contribution >= 0.6 is 0 Å². The van der Waals surface area contributed by atoms with Crippen LogP contribution in [0.4, 0.5) is 0 Å². The van der Waals surface area contributed by atoms with Gasteiger partial charge in [-0.15, -0.1) is 0 Å². The first-order valence-electron chi connectivity index (χ1n) is 4.85. The minimum Gasteiger partial charge on any atom is -0.466 e. The summed E-state index contributed by atoms with van der Waals surface area (Å²) < 4.78 is 4.86. The van der Waals surface area contributed by atoms with Crippen molar-refractivity contribution < 1.29 is 14.4 Å². The van der Waals surface area contributed by atoms with Gasteiger partial charge in [-0.2, -0.15) is 5.48 Å². The molecular weight excluding hydrogens is 194 g/mol. The Morgan fingerprint density at radius 3 is 2.80 bits per heavy atom. The maximum absolute atomic E-state index is 11.3. The second kappa shape index (κ2) is 6.03. The number of carbonyl (C=O) groups is 1. The Balaban J connectivity index is 2.70. The second-order valence-electron chi connectivity index (χ2n) is 2.90. The predicted octanol–water partition coefficient (Wildman–Crippen LogP) is 1.31. The topological polar surface area (TPSA) is 47.6 Å². The first kappa shape index (κ1) is 11.5. The highest BCUT2D eigenvalue weighted by atomic mass is 16.6. The zero-order chi connectivity index (χ0) is 11.1. The molecule has 1 N–H and O–H groups in total. The van der Waals surface area contributed by atoms with E-state index in [4.69, 9.17) is 9.57 Å². The largest absolute Gasteiger partial charge is 0.466 e. The Kier molecular flexibility index (Phi) is 4.63. The first-order chi connectivity index (χ1) is 7.27. The van der Waals surface area contributed by atoms with Crippen LogP contribution in [0.5, 0.6) is 5.75 Å². The average molecular weight is 209 g/mol. The van der Waals surface area contributed by atoms with Crippen molar-refractivity contribution in [1.82, 2.24) is 5.48 Å². The Morgan fingerprint density at radius 2 is 2.13 bits per heavy atom. The van der Waals surface area contributed by atoms with Crippen LogP contribution in [0.1, 0.15) is 12.5 Å².